The van der Waals surface area contributed by atoms with Gasteiger partial charge in [-0.15, -0.1) is 0 Å². The van der Waals surface area contributed by atoms with Crippen LogP contribution in [0.3, 0.4) is 0 Å². The largest absolute Gasteiger partial charge is 0.458 e. The maximum absolute atomic E-state index is 14.0. The lowest BCUT2D eigenvalue weighted by Crippen LogP contribution is -2.56. The summed E-state index contributed by atoms with van der Waals surface area (Å²) in [5, 5.41) is 0.356. The second-order valence-electron chi connectivity index (χ2n) is 13.8. The van der Waals surface area contributed by atoms with E-state index in [1.165, 1.54) is 24.3 Å². The molecule has 2 aliphatic heterocycles. The minimum atomic E-state index is -1.18. The fraction of sp³-hybridized carbons (Fsp3) is 0.529. The second kappa shape index (κ2) is 11.4. The molecule has 0 aliphatic carbocycles. The van der Waals surface area contributed by atoms with Crippen molar-refractivity contribution in [1.29, 1.82) is 0 Å². The summed E-state index contributed by atoms with van der Waals surface area (Å²) >= 11 is 0. The van der Waals surface area contributed by atoms with Crippen LogP contribution in [0.4, 0.5) is 0 Å². The molecule has 2 heterocycles. The number of rotatable bonds is 8. The Kier molecular flexibility index (Phi) is 8.54. The molecule has 4 rings (SSSR count). The maximum Gasteiger partial charge on any atom is 0.330 e. The Labute approximate surface area is 258 Å². The predicted molar refractivity (Wildman–Crippen MR) is 163 cm³/mol. The Morgan fingerprint density at radius 3 is 1.05 bits per heavy atom. The topological polar surface area (TPSA) is 127 Å². The number of esters is 2. The zero-order valence-corrected chi connectivity index (χ0v) is 27.2. The van der Waals surface area contributed by atoms with Gasteiger partial charge in [-0.05, 0) is 77.6 Å². The number of imide groups is 2. The van der Waals surface area contributed by atoms with Gasteiger partial charge in [-0.25, -0.2) is 9.59 Å². The van der Waals surface area contributed by atoms with E-state index in [-0.39, 0.29) is 33.0 Å². The average molecular weight is 607 g/mol. The number of amides is 4. The molecule has 2 aromatic carbocycles. The highest BCUT2D eigenvalue weighted by Crippen LogP contribution is 2.40. The van der Waals surface area contributed by atoms with Gasteiger partial charge in [-0.3, -0.25) is 29.0 Å². The quantitative estimate of drug-likeness (QED) is 0.283. The first-order valence-electron chi connectivity index (χ1n) is 15.2. The van der Waals surface area contributed by atoms with Gasteiger partial charge in [-0.1, -0.05) is 40.5 Å². The molecule has 0 fully saturated rings. The van der Waals surface area contributed by atoms with Gasteiger partial charge in [0.25, 0.3) is 23.6 Å². The third-order valence-corrected chi connectivity index (χ3v) is 8.18. The minimum Gasteiger partial charge on any atom is -0.458 e. The highest BCUT2D eigenvalue weighted by molar-refractivity contribution is 6.34. The van der Waals surface area contributed by atoms with Gasteiger partial charge in [0.05, 0.1) is 0 Å². The van der Waals surface area contributed by atoms with Crippen molar-refractivity contribution in [2.24, 2.45) is 11.8 Å². The van der Waals surface area contributed by atoms with Crippen LogP contribution in [0.5, 0.6) is 0 Å². The number of hydrogen-bond donors (Lipinski definition) is 0. The lowest BCUT2D eigenvalue weighted by atomic mass is 9.83. The van der Waals surface area contributed by atoms with Crippen LogP contribution in [-0.2, 0) is 19.1 Å². The Hall–Kier alpha value is -4.08. The summed E-state index contributed by atoms with van der Waals surface area (Å²) in [5.74, 6) is -5.05. The van der Waals surface area contributed by atoms with Gasteiger partial charge in [0.1, 0.15) is 23.3 Å². The average Bonchev–Trinajstić information content (AvgIpc) is 2.92. The standard InChI is InChI=1S/C34H42N2O8/c1-11-17(3)25(31(41)43-33(5,6)7)35-27(37)19-13-15-21-24-22(16-14-20(23(19)24)28(35)38)30(40)36(29(21)39)26(18(4)12-2)32(42)44-34(8,9)10/h13-18,25-26H,11-12H2,1-10H3/t17-,18-,25-,26-/m0/s1. The molecule has 0 spiro atoms. The Morgan fingerprint density at radius 1 is 0.591 bits per heavy atom. The van der Waals surface area contributed by atoms with Crippen LogP contribution >= 0.6 is 0 Å². The first kappa shape index (κ1) is 32.8. The molecule has 2 aliphatic rings. The number of benzene rings is 2. The molecule has 0 bridgehead atoms. The molecule has 0 N–H and O–H groups in total. The molecular weight excluding hydrogens is 564 g/mol. The van der Waals surface area contributed by atoms with E-state index in [0.29, 0.717) is 12.8 Å². The summed E-state index contributed by atoms with van der Waals surface area (Å²) < 4.78 is 11.2. The van der Waals surface area contributed by atoms with Crippen molar-refractivity contribution in [3.8, 4) is 0 Å². The monoisotopic (exact) mass is 606 g/mol. The van der Waals surface area contributed by atoms with Gasteiger partial charge < -0.3 is 9.47 Å². The van der Waals surface area contributed by atoms with Crippen LogP contribution in [-0.4, -0.2) is 68.7 Å². The minimum absolute atomic E-state index is 0.0942. The summed E-state index contributed by atoms with van der Waals surface area (Å²) in [6, 6.07) is 3.39. The van der Waals surface area contributed by atoms with E-state index in [2.05, 4.69) is 0 Å². The number of carbonyl (C=O) groups is 6. The van der Waals surface area contributed by atoms with Crippen LogP contribution in [0.15, 0.2) is 24.3 Å². The summed E-state index contributed by atoms with van der Waals surface area (Å²) in [7, 11) is 0. The molecule has 0 aromatic heterocycles. The summed E-state index contributed by atoms with van der Waals surface area (Å²) in [6.07, 6.45) is 0.990. The highest BCUT2D eigenvalue weighted by Gasteiger charge is 2.48. The predicted octanol–water partition coefficient (Wildman–Crippen LogP) is 5.54. The lowest BCUT2D eigenvalue weighted by molar-refractivity contribution is -0.162. The first-order chi connectivity index (χ1) is 20.3. The number of carbonyl (C=O) groups excluding carboxylic acids is 6. The zero-order chi connectivity index (χ0) is 33.0. The van der Waals surface area contributed by atoms with E-state index in [1.54, 1.807) is 55.4 Å². The Morgan fingerprint density at radius 2 is 0.841 bits per heavy atom. The molecule has 236 valence electrons. The van der Waals surface area contributed by atoms with Crippen LogP contribution < -0.4 is 0 Å². The highest BCUT2D eigenvalue weighted by atomic mass is 16.6. The van der Waals surface area contributed by atoms with E-state index < -0.39 is 70.7 Å². The van der Waals surface area contributed by atoms with Gasteiger partial charge >= 0.3 is 11.9 Å². The molecule has 4 amide bonds. The summed E-state index contributed by atoms with van der Waals surface area (Å²) in [6.45, 7) is 17.5. The second-order valence-corrected chi connectivity index (χ2v) is 13.8. The normalized spacial score (nSPS) is 17.9. The van der Waals surface area contributed by atoms with Crippen LogP contribution in [0.2, 0.25) is 0 Å². The molecule has 10 heteroatoms. The van der Waals surface area contributed by atoms with E-state index >= 15 is 0 Å². The molecule has 0 radical (unpaired) electrons. The smallest absolute Gasteiger partial charge is 0.330 e. The number of nitrogens with zero attached hydrogens (tertiary/aromatic N) is 2. The van der Waals surface area contributed by atoms with Crippen molar-refractivity contribution in [2.75, 3.05) is 0 Å². The van der Waals surface area contributed by atoms with Crippen LogP contribution in [0.25, 0.3) is 10.8 Å². The lowest BCUT2D eigenvalue weighted by Gasteiger charge is -2.39. The Balaban J connectivity index is 1.86. The van der Waals surface area contributed by atoms with Crippen molar-refractivity contribution in [2.45, 2.75) is 105 Å². The summed E-state index contributed by atoms with van der Waals surface area (Å²) in [4.78, 5) is 84.7. The third kappa shape index (κ3) is 5.62. The fourth-order valence-electron chi connectivity index (χ4n) is 5.77. The molecule has 10 nitrogen and oxygen atoms in total. The summed E-state index contributed by atoms with van der Waals surface area (Å²) in [5.41, 5.74) is -1.31. The third-order valence-electron chi connectivity index (χ3n) is 8.18. The van der Waals surface area contributed by atoms with E-state index in [1.807, 2.05) is 13.8 Å². The van der Waals surface area contributed by atoms with Crippen molar-refractivity contribution in [3.63, 3.8) is 0 Å². The van der Waals surface area contributed by atoms with E-state index in [0.717, 1.165) is 9.80 Å². The van der Waals surface area contributed by atoms with Gasteiger partial charge in [-0.2, -0.15) is 0 Å². The van der Waals surface area contributed by atoms with Crippen LogP contribution in [0.1, 0.15) is 124 Å². The van der Waals surface area contributed by atoms with Crippen LogP contribution in [0, 0.1) is 11.8 Å². The van der Waals surface area contributed by atoms with Crippen molar-refractivity contribution in [1.82, 2.24) is 9.80 Å². The maximum atomic E-state index is 14.0. The van der Waals surface area contributed by atoms with Gasteiger partial charge in [0.2, 0.25) is 0 Å². The molecule has 0 saturated carbocycles. The zero-order valence-electron chi connectivity index (χ0n) is 27.2. The molecule has 2 aromatic rings. The van der Waals surface area contributed by atoms with E-state index in [4.69, 9.17) is 9.47 Å². The fourth-order valence-corrected chi connectivity index (χ4v) is 5.77. The number of ether oxygens (including phenoxy) is 2. The molecule has 44 heavy (non-hydrogen) atoms. The van der Waals surface area contributed by atoms with Crippen molar-refractivity contribution >= 4 is 46.3 Å². The number of hydrogen-bond acceptors (Lipinski definition) is 8. The molecular formula is C34H42N2O8. The van der Waals surface area contributed by atoms with Gasteiger partial charge in [0, 0.05) is 33.0 Å². The Bertz CT molecular complexity index is 1390. The van der Waals surface area contributed by atoms with Crippen molar-refractivity contribution < 1.29 is 38.2 Å². The first-order valence-corrected chi connectivity index (χ1v) is 15.2. The molecule has 4 atom stereocenters. The SMILES string of the molecule is CC[C@H](C)[C@@H](C(=O)OC(C)(C)C)N1C(=O)c2ccc3c4c(ccc(c24)C1=O)C(=O)N([C@H](C(=O)OC(C)(C)C)[C@@H](C)CC)C3=O. The van der Waals surface area contributed by atoms with E-state index in [9.17, 15) is 28.8 Å². The molecule has 0 saturated heterocycles. The van der Waals surface area contributed by atoms with Crippen molar-refractivity contribution in [3.05, 3.63) is 46.5 Å². The van der Waals surface area contributed by atoms with Gasteiger partial charge in [0.15, 0.2) is 0 Å². The molecule has 0 unspecified atom stereocenters.